The zero-order valence-electron chi connectivity index (χ0n) is 10.3. The second kappa shape index (κ2) is 5.24. The van der Waals surface area contributed by atoms with Crippen molar-refractivity contribution in [1.82, 2.24) is 4.98 Å². The number of thiazole rings is 1. The Bertz CT molecular complexity index is 492. The van der Waals surface area contributed by atoms with E-state index in [1.54, 1.807) is 11.3 Å². The van der Waals surface area contributed by atoms with Crippen LogP contribution in [0.5, 0.6) is 0 Å². The Kier molecular flexibility index (Phi) is 3.48. The quantitative estimate of drug-likeness (QED) is 0.892. The lowest BCUT2D eigenvalue weighted by Gasteiger charge is -2.27. The van der Waals surface area contributed by atoms with E-state index in [4.69, 9.17) is 0 Å². The number of nitrogens with one attached hydrogen (secondary N) is 1. The van der Waals surface area contributed by atoms with Crippen molar-refractivity contribution < 1.29 is 5.11 Å². The molecule has 2 unspecified atom stereocenters. The molecule has 1 fully saturated rings. The first-order valence-electron chi connectivity index (χ1n) is 6.60. The number of para-hydroxylation sites is 1. The fraction of sp³-hybridized carbons (Fsp3) is 0.500. The van der Waals surface area contributed by atoms with Crippen molar-refractivity contribution in [3.63, 3.8) is 0 Å². The van der Waals surface area contributed by atoms with Crippen molar-refractivity contribution in [2.45, 2.75) is 31.8 Å². The summed E-state index contributed by atoms with van der Waals surface area (Å²) in [5, 5.41) is 14.3. The van der Waals surface area contributed by atoms with Crippen LogP contribution in [0, 0.1) is 5.92 Å². The molecule has 1 aromatic carbocycles. The van der Waals surface area contributed by atoms with Gasteiger partial charge in [0.15, 0.2) is 5.13 Å². The van der Waals surface area contributed by atoms with Gasteiger partial charge in [0.25, 0.3) is 0 Å². The van der Waals surface area contributed by atoms with E-state index >= 15 is 0 Å². The molecule has 96 valence electrons. The number of aromatic nitrogens is 1. The number of hydrogen-bond acceptors (Lipinski definition) is 4. The van der Waals surface area contributed by atoms with Crippen molar-refractivity contribution >= 4 is 26.7 Å². The predicted octanol–water partition coefficient (Wildman–Crippen LogP) is 3.26. The highest BCUT2D eigenvalue weighted by Gasteiger charge is 2.22. The van der Waals surface area contributed by atoms with Crippen LogP contribution in [0.15, 0.2) is 24.3 Å². The van der Waals surface area contributed by atoms with Gasteiger partial charge in [0, 0.05) is 12.5 Å². The summed E-state index contributed by atoms with van der Waals surface area (Å²) in [5.41, 5.74) is 1.05. The largest absolute Gasteiger partial charge is 0.393 e. The molecule has 3 nitrogen and oxygen atoms in total. The van der Waals surface area contributed by atoms with Gasteiger partial charge in [-0.2, -0.15) is 0 Å². The van der Waals surface area contributed by atoms with Crippen molar-refractivity contribution in [3.05, 3.63) is 24.3 Å². The van der Waals surface area contributed by atoms with Crippen LogP contribution >= 0.6 is 11.3 Å². The number of rotatable bonds is 3. The zero-order chi connectivity index (χ0) is 12.4. The summed E-state index contributed by atoms with van der Waals surface area (Å²) >= 11 is 1.68. The van der Waals surface area contributed by atoms with E-state index in [0.29, 0.717) is 5.92 Å². The summed E-state index contributed by atoms with van der Waals surface area (Å²) in [6.45, 7) is 0.834. The normalized spacial score (nSPS) is 24.3. The first kappa shape index (κ1) is 11.9. The van der Waals surface area contributed by atoms with E-state index < -0.39 is 0 Å². The minimum Gasteiger partial charge on any atom is -0.393 e. The number of benzene rings is 1. The Hall–Kier alpha value is -1.13. The average Bonchev–Trinajstić information content (AvgIpc) is 2.80. The Labute approximate surface area is 111 Å². The third-order valence-corrected chi connectivity index (χ3v) is 4.67. The van der Waals surface area contributed by atoms with Gasteiger partial charge in [0.1, 0.15) is 0 Å². The monoisotopic (exact) mass is 262 g/mol. The van der Waals surface area contributed by atoms with E-state index in [1.165, 1.54) is 17.5 Å². The summed E-state index contributed by atoms with van der Waals surface area (Å²) in [6.07, 6.45) is 4.34. The summed E-state index contributed by atoms with van der Waals surface area (Å²) < 4.78 is 1.21. The van der Waals surface area contributed by atoms with Gasteiger partial charge in [-0.15, -0.1) is 0 Å². The molecule has 0 bridgehead atoms. The lowest BCUT2D eigenvalue weighted by Crippen LogP contribution is -2.30. The molecule has 1 heterocycles. The highest BCUT2D eigenvalue weighted by Crippen LogP contribution is 2.28. The van der Waals surface area contributed by atoms with Crippen molar-refractivity contribution in [3.8, 4) is 0 Å². The van der Waals surface area contributed by atoms with Crippen LogP contribution in [0.3, 0.4) is 0 Å². The maximum atomic E-state index is 9.93. The molecule has 0 amide bonds. The molecule has 0 spiro atoms. The Morgan fingerprint density at radius 1 is 1.28 bits per heavy atom. The van der Waals surface area contributed by atoms with Crippen LogP contribution in [-0.4, -0.2) is 22.7 Å². The zero-order valence-corrected chi connectivity index (χ0v) is 11.1. The number of aliphatic hydroxyl groups is 1. The van der Waals surface area contributed by atoms with Crippen molar-refractivity contribution in [1.29, 1.82) is 0 Å². The van der Waals surface area contributed by atoms with E-state index in [2.05, 4.69) is 16.4 Å². The SMILES string of the molecule is OC1CCCCC1CNc1nc2ccccc2s1. The van der Waals surface area contributed by atoms with Gasteiger partial charge in [-0.3, -0.25) is 0 Å². The second-order valence-corrected chi connectivity index (χ2v) is 6.01. The van der Waals surface area contributed by atoms with Crippen LogP contribution in [0.25, 0.3) is 10.2 Å². The Balaban J connectivity index is 1.65. The van der Waals surface area contributed by atoms with E-state index in [1.807, 2.05) is 18.2 Å². The molecule has 4 heteroatoms. The van der Waals surface area contributed by atoms with E-state index in [-0.39, 0.29) is 6.10 Å². The number of fused-ring (bicyclic) bond motifs is 1. The van der Waals surface area contributed by atoms with E-state index in [0.717, 1.165) is 30.0 Å². The smallest absolute Gasteiger partial charge is 0.183 e. The number of anilines is 1. The van der Waals surface area contributed by atoms with Gasteiger partial charge < -0.3 is 10.4 Å². The number of aliphatic hydroxyl groups excluding tert-OH is 1. The van der Waals surface area contributed by atoms with Gasteiger partial charge in [-0.05, 0) is 25.0 Å². The second-order valence-electron chi connectivity index (χ2n) is 4.98. The van der Waals surface area contributed by atoms with Gasteiger partial charge in [-0.25, -0.2) is 4.98 Å². The molecule has 2 aromatic rings. The molecular formula is C14H18N2OS. The maximum Gasteiger partial charge on any atom is 0.183 e. The molecular weight excluding hydrogens is 244 g/mol. The molecule has 1 aromatic heterocycles. The van der Waals surface area contributed by atoms with Crippen LogP contribution in [0.2, 0.25) is 0 Å². The molecule has 0 saturated heterocycles. The lowest BCUT2D eigenvalue weighted by molar-refractivity contribution is 0.0763. The highest BCUT2D eigenvalue weighted by molar-refractivity contribution is 7.22. The topological polar surface area (TPSA) is 45.1 Å². The van der Waals surface area contributed by atoms with E-state index in [9.17, 15) is 5.11 Å². The number of nitrogens with zero attached hydrogens (tertiary/aromatic N) is 1. The highest BCUT2D eigenvalue weighted by atomic mass is 32.1. The minimum absolute atomic E-state index is 0.138. The molecule has 3 rings (SSSR count). The lowest BCUT2D eigenvalue weighted by atomic mass is 9.86. The first-order chi connectivity index (χ1) is 8.83. The summed E-state index contributed by atoms with van der Waals surface area (Å²) in [6, 6.07) is 8.17. The van der Waals surface area contributed by atoms with Crippen molar-refractivity contribution in [2.24, 2.45) is 5.92 Å². The van der Waals surface area contributed by atoms with Gasteiger partial charge >= 0.3 is 0 Å². The standard InChI is InChI=1S/C14H18N2OS/c17-12-7-3-1-5-10(12)9-15-14-16-11-6-2-4-8-13(11)18-14/h2,4,6,8,10,12,17H,1,3,5,7,9H2,(H,15,16). The first-order valence-corrected chi connectivity index (χ1v) is 7.42. The van der Waals surface area contributed by atoms with Crippen LogP contribution in [0.1, 0.15) is 25.7 Å². The Morgan fingerprint density at radius 3 is 2.94 bits per heavy atom. The molecule has 1 aliphatic rings. The van der Waals surface area contributed by atoms with Crippen LogP contribution < -0.4 is 5.32 Å². The predicted molar refractivity (Wildman–Crippen MR) is 76.1 cm³/mol. The molecule has 0 radical (unpaired) electrons. The van der Waals surface area contributed by atoms with Crippen molar-refractivity contribution in [2.75, 3.05) is 11.9 Å². The van der Waals surface area contributed by atoms with Gasteiger partial charge in [0.05, 0.1) is 16.3 Å². The summed E-state index contributed by atoms with van der Waals surface area (Å²) in [4.78, 5) is 4.55. The van der Waals surface area contributed by atoms with Gasteiger partial charge in [-0.1, -0.05) is 36.3 Å². The summed E-state index contributed by atoms with van der Waals surface area (Å²) in [5.74, 6) is 0.380. The number of hydrogen-bond donors (Lipinski definition) is 2. The van der Waals surface area contributed by atoms with Gasteiger partial charge in [0.2, 0.25) is 0 Å². The van der Waals surface area contributed by atoms with Crippen LogP contribution in [-0.2, 0) is 0 Å². The average molecular weight is 262 g/mol. The summed E-state index contributed by atoms with van der Waals surface area (Å²) in [7, 11) is 0. The molecule has 1 saturated carbocycles. The third-order valence-electron chi connectivity index (χ3n) is 3.68. The molecule has 18 heavy (non-hydrogen) atoms. The maximum absolute atomic E-state index is 9.93. The fourth-order valence-electron chi connectivity index (χ4n) is 2.59. The molecule has 1 aliphatic carbocycles. The third kappa shape index (κ3) is 2.49. The molecule has 2 N–H and O–H groups in total. The Morgan fingerprint density at radius 2 is 2.11 bits per heavy atom. The fourth-order valence-corrected chi connectivity index (χ4v) is 3.47. The van der Waals surface area contributed by atoms with Crippen LogP contribution in [0.4, 0.5) is 5.13 Å². The molecule has 0 aliphatic heterocycles. The molecule has 2 atom stereocenters. The minimum atomic E-state index is -0.138.